The molecule has 1 aromatic heterocycles. The van der Waals surface area contributed by atoms with Gasteiger partial charge >= 0.3 is 12.0 Å². The van der Waals surface area contributed by atoms with E-state index in [9.17, 15) is 4.79 Å². The van der Waals surface area contributed by atoms with Crippen LogP contribution in [0.25, 0.3) is 0 Å². The molecule has 0 radical (unpaired) electrons. The van der Waals surface area contributed by atoms with Gasteiger partial charge in [-0.3, -0.25) is 0 Å². The lowest BCUT2D eigenvalue weighted by atomic mass is 10.3. The van der Waals surface area contributed by atoms with Gasteiger partial charge in [0.05, 0.1) is 0 Å². The summed E-state index contributed by atoms with van der Waals surface area (Å²) < 4.78 is 5.36. The molecule has 2 rings (SSSR count). The molecular weight excluding hydrogens is 222 g/mol. The molecule has 0 bridgehead atoms. The molecule has 1 aromatic rings. The third-order valence-electron chi connectivity index (χ3n) is 2.72. The summed E-state index contributed by atoms with van der Waals surface area (Å²) >= 11 is 0. The number of hydrogen-bond acceptors (Lipinski definition) is 5. The molecule has 0 atom stereocenters. The highest BCUT2D eigenvalue weighted by Gasteiger charge is 2.24. The molecule has 2 heterocycles. The van der Waals surface area contributed by atoms with Gasteiger partial charge in [0.2, 0.25) is 5.89 Å². The highest BCUT2D eigenvalue weighted by atomic mass is 16.4. The molecule has 0 unspecified atom stereocenters. The van der Waals surface area contributed by atoms with Crippen LogP contribution in [0.1, 0.15) is 5.89 Å². The minimum atomic E-state index is 0.0476. The van der Waals surface area contributed by atoms with E-state index in [2.05, 4.69) is 10.2 Å². The summed E-state index contributed by atoms with van der Waals surface area (Å²) in [6, 6.07) is 0.589. The van der Waals surface area contributed by atoms with Crippen LogP contribution in [0.2, 0.25) is 0 Å². The summed E-state index contributed by atoms with van der Waals surface area (Å²) in [6.45, 7) is 4.57. The SMILES string of the molecule is Cc1nnc(N2CCN(C(=O)N(C)C)CC2)o1. The fourth-order valence-corrected chi connectivity index (χ4v) is 1.79. The summed E-state index contributed by atoms with van der Waals surface area (Å²) in [4.78, 5) is 17.1. The molecule has 7 heteroatoms. The number of amides is 2. The van der Waals surface area contributed by atoms with Crippen molar-refractivity contribution in [3.63, 3.8) is 0 Å². The van der Waals surface area contributed by atoms with Gasteiger partial charge < -0.3 is 19.1 Å². The van der Waals surface area contributed by atoms with Gasteiger partial charge in [-0.2, -0.15) is 0 Å². The molecule has 0 spiro atoms. The van der Waals surface area contributed by atoms with Gasteiger partial charge in [0.1, 0.15) is 0 Å². The first-order valence-electron chi connectivity index (χ1n) is 5.59. The third kappa shape index (κ3) is 2.48. The molecule has 0 saturated carbocycles. The Labute approximate surface area is 100.0 Å². The van der Waals surface area contributed by atoms with Crippen molar-refractivity contribution in [2.45, 2.75) is 6.92 Å². The summed E-state index contributed by atoms with van der Waals surface area (Å²) in [5.74, 6) is 0.562. The number of hydrogen-bond donors (Lipinski definition) is 0. The molecule has 1 saturated heterocycles. The van der Waals surface area contributed by atoms with Gasteiger partial charge in [0.25, 0.3) is 0 Å². The minimum Gasteiger partial charge on any atom is -0.408 e. The Bertz CT molecular complexity index is 395. The second-order valence-corrected chi connectivity index (χ2v) is 4.25. The van der Waals surface area contributed by atoms with Gasteiger partial charge in [0.15, 0.2) is 0 Å². The standard InChI is InChI=1S/C10H17N5O2/c1-8-11-12-9(17-8)14-4-6-15(7-5-14)10(16)13(2)3/h4-7H2,1-3H3. The second-order valence-electron chi connectivity index (χ2n) is 4.25. The fourth-order valence-electron chi connectivity index (χ4n) is 1.79. The first-order chi connectivity index (χ1) is 8.08. The van der Waals surface area contributed by atoms with Crippen LogP contribution < -0.4 is 4.90 Å². The molecule has 0 aromatic carbocycles. The molecule has 17 heavy (non-hydrogen) atoms. The van der Waals surface area contributed by atoms with E-state index in [1.54, 1.807) is 25.9 Å². The molecule has 94 valence electrons. The Balaban J connectivity index is 1.92. The van der Waals surface area contributed by atoms with Gasteiger partial charge in [-0.05, 0) is 0 Å². The van der Waals surface area contributed by atoms with E-state index in [1.165, 1.54) is 0 Å². The Morgan fingerprint density at radius 3 is 2.35 bits per heavy atom. The van der Waals surface area contributed by atoms with Crippen LogP contribution in [-0.4, -0.2) is 66.3 Å². The van der Waals surface area contributed by atoms with Gasteiger partial charge in [0, 0.05) is 47.2 Å². The monoisotopic (exact) mass is 239 g/mol. The molecule has 1 aliphatic heterocycles. The lowest BCUT2D eigenvalue weighted by Gasteiger charge is -2.34. The van der Waals surface area contributed by atoms with Crippen LogP contribution in [0.3, 0.4) is 0 Å². The van der Waals surface area contributed by atoms with Gasteiger partial charge in [-0.1, -0.05) is 5.10 Å². The van der Waals surface area contributed by atoms with Crippen molar-refractivity contribution < 1.29 is 9.21 Å². The van der Waals surface area contributed by atoms with Crippen molar-refractivity contribution in [3.05, 3.63) is 5.89 Å². The van der Waals surface area contributed by atoms with E-state index in [0.717, 1.165) is 13.1 Å². The smallest absolute Gasteiger partial charge is 0.319 e. The van der Waals surface area contributed by atoms with Crippen molar-refractivity contribution in [3.8, 4) is 0 Å². The number of nitrogens with zero attached hydrogens (tertiary/aromatic N) is 5. The highest BCUT2D eigenvalue weighted by molar-refractivity contribution is 5.74. The molecule has 7 nitrogen and oxygen atoms in total. The van der Waals surface area contributed by atoms with E-state index < -0.39 is 0 Å². The molecule has 1 fully saturated rings. The topological polar surface area (TPSA) is 65.7 Å². The average molecular weight is 239 g/mol. The van der Waals surface area contributed by atoms with Crippen LogP contribution in [-0.2, 0) is 0 Å². The maximum absolute atomic E-state index is 11.7. The zero-order valence-corrected chi connectivity index (χ0v) is 10.4. The normalized spacial score (nSPS) is 16.2. The predicted molar refractivity (Wildman–Crippen MR) is 61.9 cm³/mol. The molecule has 2 amide bonds. The van der Waals surface area contributed by atoms with E-state index in [0.29, 0.717) is 25.0 Å². The van der Waals surface area contributed by atoms with Crippen LogP contribution in [0.5, 0.6) is 0 Å². The number of carbonyl (C=O) groups excluding carboxylic acids is 1. The Morgan fingerprint density at radius 1 is 1.24 bits per heavy atom. The maximum Gasteiger partial charge on any atom is 0.319 e. The van der Waals surface area contributed by atoms with Crippen molar-refractivity contribution in [1.82, 2.24) is 20.0 Å². The minimum absolute atomic E-state index is 0.0476. The second kappa shape index (κ2) is 4.60. The molecule has 0 aliphatic carbocycles. The van der Waals surface area contributed by atoms with Gasteiger partial charge in [-0.15, -0.1) is 5.10 Å². The van der Waals surface area contributed by atoms with Crippen molar-refractivity contribution in [2.24, 2.45) is 0 Å². The van der Waals surface area contributed by atoms with Gasteiger partial charge in [-0.25, -0.2) is 4.79 Å². The Hall–Kier alpha value is -1.79. The molecule has 0 N–H and O–H groups in total. The number of aryl methyl sites for hydroxylation is 1. The van der Waals surface area contributed by atoms with Crippen LogP contribution in [0.15, 0.2) is 4.42 Å². The largest absolute Gasteiger partial charge is 0.408 e. The van der Waals surface area contributed by atoms with Crippen molar-refractivity contribution in [1.29, 1.82) is 0 Å². The number of piperazine rings is 1. The quantitative estimate of drug-likeness (QED) is 0.699. The lowest BCUT2D eigenvalue weighted by Crippen LogP contribution is -2.51. The number of rotatable bonds is 1. The number of urea groups is 1. The van der Waals surface area contributed by atoms with Crippen molar-refractivity contribution in [2.75, 3.05) is 45.2 Å². The predicted octanol–water partition coefficient (Wildman–Crippen LogP) is 0.182. The first kappa shape index (κ1) is 11.7. The van der Waals surface area contributed by atoms with Crippen LogP contribution in [0.4, 0.5) is 10.8 Å². The third-order valence-corrected chi connectivity index (χ3v) is 2.72. The van der Waals surface area contributed by atoms with Crippen LogP contribution >= 0.6 is 0 Å². The zero-order chi connectivity index (χ0) is 12.4. The summed E-state index contributed by atoms with van der Waals surface area (Å²) in [5, 5.41) is 7.77. The van der Waals surface area contributed by atoms with Crippen molar-refractivity contribution >= 4 is 12.0 Å². The van der Waals surface area contributed by atoms with E-state index in [1.807, 2.05) is 9.80 Å². The van der Waals surface area contributed by atoms with Crippen LogP contribution in [0, 0.1) is 6.92 Å². The average Bonchev–Trinajstić information content (AvgIpc) is 2.75. The Kier molecular flexibility index (Phi) is 3.16. The Morgan fingerprint density at radius 2 is 1.88 bits per heavy atom. The molecule has 1 aliphatic rings. The summed E-state index contributed by atoms with van der Waals surface area (Å²) in [7, 11) is 3.52. The maximum atomic E-state index is 11.7. The number of carbonyl (C=O) groups is 1. The lowest BCUT2D eigenvalue weighted by molar-refractivity contribution is 0.167. The summed E-state index contributed by atoms with van der Waals surface area (Å²) in [6.07, 6.45) is 0. The number of aromatic nitrogens is 2. The zero-order valence-electron chi connectivity index (χ0n) is 10.4. The molecular formula is C10H17N5O2. The fraction of sp³-hybridized carbons (Fsp3) is 0.700. The number of anilines is 1. The highest BCUT2D eigenvalue weighted by Crippen LogP contribution is 2.14. The summed E-state index contributed by atoms with van der Waals surface area (Å²) in [5.41, 5.74) is 0. The van der Waals surface area contributed by atoms with E-state index in [-0.39, 0.29) is 6.03 Å². The van der Waals surface area contributed by atoms with E-state index in [4.69, 9.17) is 4.42 Å². The van der Waals surface area contributed by atoms with E-state index >= 15 is 0 Å². The first-order valence-corrected chi connectivity index (χ1v) is 5.59.